The van der Waals surface area contributed by atoms with Gasteiger partial charge < -0.3 is 10.2 Å². The van der Waals surface area contributed by atoms with Crippen molar-refractivity contribution < 1.29 is 18.0 Å². The van der Waals surface area contributed by atoms with Gasteiger partial charge in [0.25, 0.3) is 0 Å². The molecule has 7 nitrogen and oxygen atoms in total. The van der Waals surface area contributed by atoms with Gasteiger partial charge >= 0.3 is 0 Å². The van der Waals surface area contributed by atoms with Crippen molar-refractivity contribution in [3.05, 3.63) is 100 Å². The molecule has 2 amide bonds. The Labute approximate surface area is 240 Å². The largest absolute Gasteiger partial charge is 0.354 e. The Morgan fingerprint density at radius 1 is 0.923 bits per heavy atom. The number of nitrogens with one attached hydrogen (secondary N) is 1. The summed E-state index contributed by atoms with van der Waals surface area (Å²) < 4.78 is 27.4. The van der Waals surface area contributed by atoms with Gasteiger partial charge in [0.1, 0.15) is 12.6 Å². The number of nitrogens with zero attached hydrogens (tertiary/aromatic N) is 2. The summed E-state index contributed by atoms with van der Waals surface area (Å²) in [7, 11) is -3.81. The van der Waals surface area contributed by atoms with Crippen LogP contribution in [0.4, 0.5) is 5.69 Å². The standard InChI is InChI=1S/C30H36BrN3O4S/c1-4-5-19-32-30(36)28(20-24-11-7-6-8-12-24)33(21-25-17-15-23(2)16-18-25)29(35)22-34(39(3,37)38)27-14-10-9-13-26(27)31/h6-18,28H,4-5,19-22H2,1-3H3,(H,32,36). The second kappa shape index (κ2) is 14.3. The topological polar surface area (TPSA) is 86.8 Å². The number of benzene rings is 3. The number of hydrogen-bond acceptors (Lipinski definition) is 4. The third-order valence-corrected chi connectivity index (χ3v) is 8.17. The monoisotopic (exact) mass is 613 g/mol. The van der Waals surface area contributed by atoms with E-state index >= 15 is 0 Å². The average Bonchev–Trinajstić information content (AvgIpc) is 2.91. The van der Waals surface area contributed by atoms with E-state index in [1.54, 1.807) is 24.3 Å². The first-order valence-electron chi connectivity index (χ1n) is 13.0. The molecule has 0 aliphatic carbocycles. The lowest BCUT2D eigenvalue weighted by Gasteiger charge is -2.33. The van der Waals surface area contributed by atoms with Crippen LogP contribution in [0, 0.1) is 6.92 Å². The number of para-hydroxylation sites is 1. The average molecular weight is 615 g/mol. The van der Waals surface area contributed by atoms with E-state index in [4.69, 9.17) is 0 Å². The fourth-order valence-electron chi connectivity index (χ4n) is 4.20. The van der Waals surface area contributed by atoms with Crippen LogP contribution < -0.4 is 9.62 Å². The van der Waals surface area contributed by atoms with Crippen LogP contribution in [0.15, 0.2) is 83.3 Å². The van der Waals surface area contributed by atoms with Crippen LogP contribution in [0.2, 0.25) is 0 Å². The molecule has 0 saturated heterocycles. The van der Waals surface area contributed by atoms with Crippen molar-refractivity contribution in [2.24, 2.45) is 0 Å². The predicted octanol–water partition coefficient (Wildman–Crippen LogP) is 5.08. The Morgan fingerprint density at radius 3 is 2.18 bits per heavy atom. The predicted molar refractivity (Wildman–Crippen MR) is 160 cm³/mol. The number of sulfonamides is 1. The first-order valence-corrected chi connectivity index (χ1v) is 15.6. The Hall–Kier alpha value is -3.17. The van der Waals surface area contributed by atoms with E-state index < -0.39 is 28.5 Å². The van der Waals surface area contributed by atoms with Gasteiger partial charge in [0.15, 0.2) is 0 Å². The van der Waals surface area contributed by atoms with Crippen LogP contribution >= 0.6 is 15.9 Å². The molecule has 208 valence electrons. The highest BCUT2D eigenvalue weighted by Crippen LogP contribution is 2.28. The van der Waals surface area contributed by atoms with E-state index in [0.29, 0.717) is 23.1 Å². The number of unbranched alkanes of at least 4 members (excludes halogenated alkanes) is 1. The summed E-state index contributed by atoms with van der Waals surface area (Å²) >= 11 is 3.41. The number of anilines is 1. The van der Waals surface area contributed by atoms with Crippen molar-refractivity contribution in [3.8, 4) is 0 Å². The van der Waals surface area contributed by atoms with E-state index in [2.05, 4.69) is 21.2 Å². The van der Waals surface area contributed by atoms with E-state index in [-0.39, 0.29) is 12.5 Å². The normalized spacial score (nSPS) is 12.0. The van der Waals surface area contributed by atoms with Crippen molar-refractivity contribution >= 4 is 43.5 Å². The molecule has 0 radical (unpaired) electrons. The molecule has 0 spiro atoms. The zero-order chi connectivity index (χ0) is 28.4. The van der Waals surface area contributed by atoms with Gasteiger partial charge in [0.2, 0.25) is 21.8 Å². The highest BCUT2D eigenvalue weighted by molar-refractivity contribution is 9.10. The molecule has 9 heteroatoms. The quantitative estimate of drug-likeness (QED) is 0.272. The summed E-state index contributed by atoms with van der Waals surface area (Å²) in [6, 6.07) is 23.3. The summed E-state index contributed by atoms with van der Waals surface area (Å²) in [6.45, 7) is 4.24. The van der Waals surface area contributed by atoms with Crippen molar-refractivity contribution in [1.29, 1.82) is 0 Å². The van der Waals surface area contributed by atoms with Gasteiger partial charge in [-0.05, 0) is 52.5 Å². The summed E-state index contributed by atoms with van der Waals surface area (Å²) in [4.78, 5) is 29.1. The fourth-order valence-corrected chi connectivity index (χ4v) is 5.68. The first kappa shape index (κ1) is 30.4. The maximum atomic E-state index is 14.0. The molecule has 39 heavy (non-hydrogen) atoms. The molecule has 1 unspecified atom stereocenters. The number of carbonyl (C=O) groups excluding carboxylic acids is 2. The smallest absolute Gasteiger partial charge is 0.244 e. The van der Waals surface area contributed by atoms with Crippen LogP contribution in [-0.2, 0) is 32.6 Å². The second-order valence-electron chi connectivity index (χ2n) is 9.58. The molecule has 0 fully saturated rings. The molecule has 0 bridgehead atoms. The molecule has 0 saturated carbocycles. The van der Waals surface area contributed by atoms with Gasteiger partial charge in [-0.25, -0.2) is 8.42 Å². The van der Waals surface area contributed by atoms with Crippen molar-refractivity contribution in [2.45, 2.75) is 45.7 Å². The maximum Gasteiger partial charge on any atom is 0.244 e. The minimum Gasteiger partial charge on any atom is -0.354 e. The maximum absolute atomic E-state index is 14.0. The molecular formula is C30H36BrN3O4S. The Bertz CT molecular complexity index is 1350. The fraction of sp³-hybridized carbons (Fsp3) is 0.333. The van der Waals surface area contributed by atoms with Crippen LogP contribution in [-0.4, -0.2) is 50.5 Å². The number of carbonyl (C=O) groups is 2. The zero-order valence-corrected chi connectivity index (χ0v) is 25.0. The number of rotatable bonds is 13. The molecule has 3 aromatic rings. The van der Waals surface area contributed by atoms with E-state index in [9.17, 15) is 18.0 Å². The van der Waals surface area contributed by atoms with Gasteiger partial charge in [-0.3, -0.25) is 13.9 Å². The minimum atomic E-state index is -3.81. The summed E-state index contributed by atoms with van der Waals surface area (Å²) in [5.41, 5.74) is 3.18. The molecule has 1 N–H and O–H groups in total. The number of hydrogen-bond donors (Lipinski definition) is 1. The van der Waals surface area contributed by atoms with Gasteiger partial charge in [-0.15, -0.1) is 0 Å². The van der Waals surface area contributed by atoms with Crippen LogP contribution in [0.5, 0.6) is 0 Å². The van der Waals surface area contributed by atoms with Crippen LogP contribution in [0.3, 0.4) is 0 Å². The molecule has 0 aromatic heterocycles. The Kier molecular flexibility index (Phi) is 11.1. The summed E-state index contributed by atoms with van der Waals surface area (Å²) in [5.74, 6) is -0.733. The summed E-state index contributed by atoms with van der Waals surface area (Å²) in [5, 5.41) is 2.99. The number of halogens is 1. The van der Waals surface area contributed by atoms with Crippen molar-refractivity contribution in [3.63, 3.8) is 0 Å². The molecule has 0 aliphatic rings. The van der Waals surface area contributed by atoms with Gasteiger partial charge in [0, 0.05) is 24.0 Å². The first-order chi connectivity index (χ1) is 18.6. The zero-order valence-electron chi connectivity index (χ0n) is 22.6. The second-order valence-corrected chi connectivity index (χ2v) is 12.3. The molecule has 0 heterocycles. The lowest BCUT2D eigenvalue weighted by molar-refractivity contribution is -0.140. The van der Waals surface area contributed by atoms with Crippen molar-refractivity contribution in [2.75, 3.05) is 23.7 Å². The van der Waals surface area contributed by atoms with Crippen LogP contribution in [0.25, 0.3) is 0 Å². The lowest BCUT2D eigenvalue weighted by Crippen LogP contribution is -2.53. The third kappa shape index (κ3) is 8.93. The lowest BCUT2D eigenvalue weighted by atomic mass is 10.0. The number of aryl methyl sites for hydroxylation is 1. The molecule has 1 atom stereocenters. The Balaban J connectivity index is 2.03. The van der Waals surface area contributed by atoms with E-state index in [1.807, 2.05) is 68.4 Å². The summed E-state index contributed by atoms with van der Waals surface area (Å²) in [6.07, 6.45) is 3.11. The highest BCUT2D eigenvalue weighted by atomic mass is 79.9. The highest BCUT2D eigenvalue weighted by Gasteiger charge is 2.33. The molecule has 3 aromatic carbocycles. The molecular weight excluding hydrogens is 578 g/mol. The van der Waals surface area contributed by atoms with E-state index in [1.165, 1.54) is 4.90 Å². The minimum absolute atomic E-state index is 0.158. The third-order valence-electron chi connectivity index (χ3n) is 6.37. The van der Waals surface area contributed by atoms with E-state index in [0.717, 1.165) is 40.1 Å². The van der Waals surface area contributed by atoms with Gasteiger partial charge in [-0.2, -0.15) is 0 Å². The Morgan fingerprint density at radius 2 is 1.56 bits per heavy atom. The molecule has 0 aliphatic heterocycles. The molecule has 3 rings (SSSR count). The van der Waals surface area contributed by atoms with Gasteiger partial charge in [-0.1, -0.05) is 85.6 Å². The SMILES string of the molecule is CCCCNC(=O)C(Cc1ccccc1)N(Cc1ccc(C)cc1)C(=O)CN(c1ccccc1Br)S(C)(=O)=O. The number of amides is 2. The van der Waals surface area contributed by atoms with Crippen LogP contribution in [0.1, 0.15) is 36.5 Å². The van der Waals surface area contributed by atoms with Crippen molar-refractivity contribution in [1.82, 2.24) is 10.2 Å². The van der Waals surface area contributed by atoms with Gasteiger partial charge in [0.05, 0.1) is 11.9 Å².